The number of hydrogen-bond acceptors (Lipinski definition) is 4. The second-order valence-electron chi connectivity index (χ2n) is 6.25. The lowest BCUT2D eigenvalue weighted by atomic mass is 9.90. The zero-order valence-electron chi connectivity index (χ0n) is 13.8. The van der Waals surface area contributed by atoms with Gasteiger partial charge in [-0.15, -0.1) is 10.2 Å². The Balaban J connectivity index is 1.38. The Morgan fingerprint density at radius 1 is 1.12 bits per heavy atom. The van der Waals surface area contributed by atoms with Gasteiger partial charge < -0.3 is 5.32 Å². The summed E-state index contributed by atoms with van der Waals surface area (Å²) in [6, 6.07) is 10.1. The molecule has 2 N–H and O–H groups in total. The van der Waals surface area contributed by atoms with E-state index in [4.69, 9.17) is 0 Å². The minimum atomic E-state index is -0.200. The molecular formula is C18H24N4OS. The molecule has 2 amide bonds. The molecule has 1 aliphatic carbocycles. The quantitative estimate of drug-likeness (QED) is 0.766. The molecule has 1 aliphatic rings. The number of carbonyl (C=O) groups is 1. The minimum Gasteiger partial charge on any atom is -0.338 e. The van der Waals surface area contributed by atoms with E-state index in [2.05, 4.69) is 33.0 Å². The van der Waals surface area contributed by atoms with Crippen molar-refractivity contribution in [3.8, 4) is 0 Å². The highest BCUT2D eigenvalue weighted by atomic mass is 32.1. The van der Waals surface area contributed by atoms with Crippen LogP contribution in [0.4, 0.5) is 9.93 Å². The van der Waals surface area contributed by atoms with E-state index in [0.29, 0.717) is 17.6 Å². The van der Waals surface area contributed by atoms with Crippen molar-refractivity contribution in [2.45, 2.75) is 50.9 Å². The molecule has 0 aliphatic heterocycles. The van der Waals surface area contributed by atoms with Crippen LogP contribution in [-0.4, -0.2) is 22.8 Å². The van der Waals surface area contributed by atoms with E-state index in [1.54, 1.807) is 0 Å². The second kappa shape index (κ2) is 8.78. The van der Waals surface area contributed by atoms with E-state index >= 15 is 0 Å². The zero-order chi connectivity index (χ0) is 16.6. The van der Waals surface area contributed by atoms with Gasteiger partial charge in [0.05, 0.1) is 0 Å². The van der Waals surface area contributed by atoms with Gasteiger partial charge in [0.15, 0.2) is 0 Å². The van der Waals surface area contributed by atoms with Gasteiger partial charge >= 0.3 is 6.03 Å². The van der Waals surface area contributed by atoms with Crippen molar-refractivity contribution >= 4 is 22.5 Å². The van der Waals surface area contributed by atoms with Crippen LogP contribution in [0.1, 0.15) is 55.0 Å². The van der Waals surface area contributed by atoms with Crippen LogP contribution < -0.4 is 10.6 Å². The Bertz CT molecular complexity index is 637. The molecule has 1 heterocycles. The first-order chi connectivity index (χ1) is 11.8. The van der Waals surface area contributed by atoms with Crippen LogP contribution in [-0.2, 0) is 6.42 Å². The van der Waals surface area contributed by atoms with Gasteiger partial charge in [-0.2, -0.15) is 0 Å². The molecule has 128 valence electrons. The van der Waals surface area contributed by atoms with Crippen LogP contribution in [0.25, 0.3) is 0 Å². The Morgan fingerprint density at radius 2 is 1.92 bits per heavy atom. The van der Waals surface area contributed by atoms with Gasteiger partial charge in [-0.1, -0.05) is 60.9 Å². The van der Waals surface area contributed by atoms with Crippen molar-refractivity contribution in [1.29, 1.82) is 0 Å². The van der Waals surface area contributed by atoms with Crippen molar-refractivity contribution in [1.82, 2.24) is 15.5 Å². The second-order valence-corrected chi connectivity index (χ2v) is 7.26. The van der Waals surface area contributed by atoms with E-state index in [9.17, 15) is 4.79 Å². The molecule has 5 nitrogen and oxygen atoms in total. The molecule has 0 radical (unpaired) electrons. The predicted octanol–water partition coefficient (Wildman–Crippen LogP) is 4.34. The van der Waals surface area contributed by atoms with E-state index < -0.39 is 0 Å². The number of carbonyl (C=O) groups excluding carboxylic acids is 1. The summed E-state index contributed by atoms with van der Waals surface area (Å²) in [5, 5.41) is 15.7. The first-order valence-corrected chi connectivity index (χ1v) is 9.55. The number of urea groups is 1. The summed E-state index contributed by atoms with van der Waals surface area (Å²) in [6.45, 7) is 0.648. The molecule has 1 saturated carbocycles. The highest BCUT2D eigenvalue weighted by molar-refractivity contribution is 7.15. The van der Waals surface area contributed by atoms with Crippen LogP contribution in [0.3, 0.4) is 0 Å². The SMILES string of the molecule is O=C(NCCCc1ccccc1)Nc1nnc(C2CCCCC2)s1. The maximum absolute atomic E-state index is 11.9. The van der Waals surface area contributed by atoms with Crippen LogP contribution in [0.15, 0.2) is 30.3 Å². The summed E-state index contributed by atoms with van der Waals surface area (Å²) >= 11 is 1.51. The maximum atomic E-state index is 11.9. The third-order valence-electron chi connectivity index (χ3n) is 4.39. The fourth-order valence-electron chi connectivity index (χ4n) is 3.08. The standard InChI is InChI=1S/C18H24N4OS/c23-17(19-13-7-10-14-8-3-1-4-9-14)20-18-22-21-16(24-18)15-11-5-2-6-12-15/h1,3-4,8-9,15H,2,5-7,10-13H2,(H2,19,20,22,23). The Labute approximate surface area is 146 Å². The van der Waals surface area contributed by atoms with E-state index in [0.717, 1.165) is 17.8 Å². The lowest BCUT2D eigenvalue weighted by molar-refractivity contribution is 0.252. The topological polar surface area (TPSA) is 66.9 Å². The van der Waals surface area contributed by atoms with Gasteiger partial charge in [0.1, 0.15) is 5.01 Å². The number of aryl methyl sites for hydroxylation is 1. The lowest BCUT2D eigenvalue weighted by Gasteiger charge is -2.18. The largest absolute Gasteiger partial charge is 0.338 e. The molecule has 3 rings (SSSR count). The maximum Gasteiger partial charge on any atom is 0.321 e. The molecule has 1 fully saturated rings. The third-order valence-corrected chi connectivity index (χ3v) is 5.39. The highest BCUT2D eigenvalue weighted by Gasteiger charge is 2.20. The number of anilines is 1. The number of aromatic nitrogens is 2. The molecule has 0 spiro atoms. The first kappa shape index (κ1) is 16.9. The van der Waals surface area contributed by atoms with E-state index in [1.807, 2.05) is 18.2 Å². The molecule has 1 aromatic carbocycles. The van der Waals surface area contributed by atoms with Gasteiger partial charge in [-0.3, -0.25) is 5.32 Å². The van der Waals surface area contributed by atoms with E-state index in [-0.39, 0.29) is 6.03 Å². The van der Waals surface area contributed by atoms with Crippen molar-refractivity contribution in [2.75, 3.05) is 11.9 Å². The summed E-state index contributed by atoms with van der Waals surface area (Å²) in [5.41, 5.74) is 1.29. The van der Waals surface area contributed by atoms with Crippen molar-refractivity contribution in [2.24, 2.45) is 0 Å². The molecule has 0 unspecified atom stereocenters. The van der Waals surface area contributed by atoms with Crippen molar-refractivity contribution < 1.29 is 4.79 Å². The highest BCUT2D eigenvalue weighted by Crippen LogP contribution is 2.35. The summed E-state index contributed by atoms with van der Waals surface area (Å²) < 4.78 is 0. The van der Waals surface area contributed by atoms with Crippen LogP contribution in [0, 0.1) is 0 Å². The smallest absolute Gasteiger partial charge is 0.321 e. The van der Waals surface area contributed by atoms with Gasteiger partial charge in [-0.25, -0.2) is 4.79 Å². The lowest BCUT2D eigenvalue weighted by Crippen LogP contribution is -2.29. The molecule has 6 heteroatoms. The molecule has 24 heavy (non-hydrogen) atoms. The Kier molecular flexibility index (Phi) is 6.18. The van der Waals surface area contributed by atoms with Crippen molar-refractivity contribution in [3.63, 3.8) is 0 Å². The fraction of sp³-hybridized carbons (Fsp3) is 0.500. The van der Waals surface area contributed by atoms with Crippen LogP contribution in [0.2, 0.25) is 0 Å². The molecule has 1 aromatic heterocycles. The van der Waals surface area contributed by atoms with Gasteiger partial charge in [0.25, 0.3) is 0 Å². The Hall–Kier alpha value is -1.95. The molecule has 0 saturated heterocycles. The monoisotopic (exact) mass is 344 g/mol. The summed E-state index contributed by atoms with van der Waals surface area (Å²) in [5.74, 6) is 0.528. The third kappa shape index (κ3) is 5.03. The van der Waals surface area contributed by atoms with Gasteiger partial charge in [-0.05, 0) is 31.2 Å². The summed E-state index contributed by atoms with van der Waals surface area (Å²) in [4.78, 5) is 11.9. The van der Waals surface area contributed by atoms with Crippen LogP contribution in [0.5, 0.6) is 0 Å². The number of rotatable bonds is 6. The number of hydrogen-bond donors (Lipinski definition) is 2. The number of benzene rings is 1. The average molecular weight is 344 g/mol. The van der Waals surface area contributed by atoms with Crippen molar-refractivity contribution in [3.05, 3.63) is 40.9 Å². The normalized spacial score (nSPS) is 15.2. The molecule has 2 aromatic rings. The predicted molar refractivity (Wildman–Crippen MR) is 97.5 cm³/mol. The van der Waals surface area contributed by atoms with E-state index in [1.165, 1.54) is 49.0 Å². The molecule has 0 atom stereocenters. The van der Waals surface area contributed by atoms with Gasteiger partial charge in [0.2, 0.25) is 5.13 Å². The number of nitrogens with one attached hydrogen (secondary N) is 2. The fourth-order valence-corrected chi connectivity index (χ4v) is 3.99. The minimum absolute atomic E-state index is 0.200. The average Bonchev–Trinajstić information content (AvgIpc) is 3.09. The summed E-state index contributed by atoms with van der Waals surface area (Å²) in [6.07, 6.45) is 8.14. The number of nitrogens with zero attached hydrogens (tertiary/aromatic N) is 2. The van der Waals surface area contributed by atoms with Crippen LogP contribution >= 0.6 is 11.3 Å². The Morgan fingerprint density at radius 3 is 2.71 bits per heavy atom. The number of amides is 2. The zero-order valence-corrected chi connectivity index (χ0v) is 14.6. The first-order valence-electron chi connectivity index (χ1n) is 8.73. The molecular weight excluding hydrogens is 320 g/mol. The van der Waals surface area contributed by atoms with Gasteiger partial charge in [0, 0.05) is 12.5 Å². The summed E-state index contributed by atoms with van der Waals surface area (Å²) in [7, 11) is 0. The molecule has 0 bridgehead atoms.